The molecule has 1 aromatic heterocycles. The minimum atomic E-state index is -0.420. The molecular weight excluding hydrogens is 434 g/mol. The van der Waals surface area contributed by atoms with Crippen molar-refractivity contribution in [1.82, 2.24) is 15.6 Å². The van der Waals surface area contributed by atoms with Crippen molar-refractivity contribution in [1.29, 1.82) is 0 Å². The van der Waals surface area contributed by atoms with Gasteiger partial charge in [-0.25, -0.2) is 0 Å². The molecule has 2 amide bonds. The van der Waals surface area contributed by atoms with Crippen LogP contribution in [0.25, 0.3) is 0 Å². The molecule has 2 N–H and O–H groups in total. The normalized spacial score (nSPS) is 18.5. The maximum absolute atomic E-state index is 13.1. The first-order valence-electron chi connectivity index (χ1n) is 11.2. The predicted molar refractivity (Wildman–Crippen MR) is 130 cm³/mol. The van der Waals surface area contributed by atoms with Gasteiger partial charge >= 0.3 is 0 Å². The number of pyridine rings is 1. The van der Waals surface area contributed by atoms with Crippen molar-refractivity contribution in [3.63, 3.8) is 0 Å². The number of rotatable bonds is 8. The van der Waals surface area contributed by atoms with Crippen molar-refractivity contribution in [2.45, 2.75) is 50.6 Å². The van der Waals surface area contributed by atoms with E-state index in [1.807, 2.05) is 67.6 Å². The van der Waals surface area contributed by atoms with Gasteiger partial charge < -0.3 is 10.6 Å². The zero-order valence-electron chi connectivity index (χ0n) is 18.7. The van der Waals surface area contributed by atoms with Crippen molar-refractivity contribution < 1.29 is 9.59 Å². The Labute approximate surface area is 199 Å². The smallest absolute Gasteiger partial charge is 0.220 e. The van der Waals surface area contributed by atoms with Gasteiger partial charge in [0, 0.05) is 35.8 Å². The highest BCUT2D eigenvalue weighted by molar-refractivity contribution is 6.30. The molecule has 0 unspecified atom stereocenters. The van der Waals surface area contributed by atoms with Gasteiger partial charge in [-0.3, -0.25) is 14.6 Å². The fraction of sp³-hybridized carbons (Fsp3) is 0.296. The number of hydrogen-bond donors (Lipinski definition) is 2. The second-order valence-corrected chi connectivity index (χ2v) is 9.21. The highest BCUT2D eigenvalue weighted by Gasteiger charge is 2.38. The van der Waals surface area contributed by atoms with E-state index in [1.165, 1.54) is 0 Å². The average Bonchev–Trinajstić information content (AvgIpc) is 3.19. The van der Waals surface area contributed by atoms with Crippen molar-refractivity contribution in [2.24, 2.45) is 0 Å². The summed E-state index contributed by atoms with van der Waals surface area (Å²) in [7, 11) is 0. The summed E-state index contributed by atoms with van der Waals surface area (Å²) in [5.41, 5.74) is 3.83. The van der Waals surface area contributed by atoms with E-state index in [2.05, 4.69) is 15.6 Å². The maximum atomic E-state index is 13.1. The minimum Gasteiger partial charge on any atom is -0.350 e. The van der Waals surface area contributed by atoms with Gasteiger partial charge in [0.25, 0.3) is 0 Å². The molecule has 170 valence electrons. The third-order valence-electron chi connectivity index (χ3n) is 6.37. The van der Waals surface area contributed by atoms with Crippen LogP contribution in [0.4, 0.5) is 0 Å². The first-order chi connectivity index (χ1) is 15.9. The van der Waals surface area contributed by atoms with Gasteiger partial charge in [-0.1, -0.05) is 48.0 Å². The first-order valence-corrected chi connectivity index (χ1v) is 11.6. The highest BCUT2D eigenvalue weighted by Crippen LogP contribution is 2.31. The van der Waals surface area contributed by atoms with Gasteiger partial charge in [-0.05, 0) is 72.7 Å². The molecule has 33 heavy (non-hydrogen) atoms. The van der Waals surface area contributed by atoms with Crippen LogP contribution in [0.3, 0.4) is 0 Å². The Morgan fingerprint density at radius 2 is 1.85 bits per heavy atom. The predicted octanol–water partition coefficient (Wildman–Crippen LogP) is 4.92. The summed E-state index contributed by atoms with van der Waals surface area (Å²) in [6, 6.07) is 19.3. The molecule has 2 atom stereocenters. The lowest BCUT2D eigenvalue weighted by atomic mass is 9.85. The molecule has 2 aromatic carbocycles. The molecule has 1 fully saturated rings. The Morgan fingerprint density at radius 1 is 1.12 bits per heavy atom. The monoisotopic (exact) mass is 461 g/mol. The molecule has 4 rings (SSSR count). The van der Waals surface area contributed by atoms with Crippen molar-refractivity contribution in [3.05, 3.63) is 100 Å². The van der Waals surface area contributed by atoms with Crippen LogP contribution in [0.2, 0.25) is 5.02 Å². The maximum Gasteiger partial charge on any atom is 0.220 e. The summed E-state index contributed by atoms with van der Waals surface area (Å²) in [4.78, 5) is 29.3. The van der Waals surface area contributed by atoms with E-state index in [-0.39, 0.29) is 17.9 Å². The zero-order chi connectivity index (χ0) is 23.3. The Hall–Kier alpha value is -3.18. The van der Waals surface area contributed by atoms with Crippen LogP contribution in [0.1, 0.15) is 54.0 Å². The summed E-state index contributed by atoms with van der Waals surface area (Å²) in [5.74, 6) is -0.00404. The molecule has 1 aliphatic heterocycles. The van der Waals surface area contributed by atoms with Crippen LogP contribution in [-0.4, -0.2) is 22.3 Å². The number of hydrogen-bond acceptors (Lipinski definition) is 3. The van der Waals surface area contributed by atoms with E-state index >= 15 is 0 Å². The minimum absolute atomic E-state index is 0.0407. The van der Waals surface area contributed by atoms with Crippen molar-refractivity contribution in [2.75, 3.05) is 0 Å². The second kappa shape index (κ2) is 10.2. The number of aryl methyl sites for hydroxylation is 1. The van der Waals surface area contributed by atoms with Gasteiger partial charge in [0.2, 0.25) is 11.8 Å². The van der Waals surface area contributed by atoms with Crippen molar-refractivity contribution >= 4 is 23.4 Å². The summed E-state index contributed by atoms with van der Waals surface area (Å²) in [5, 5.41) is 7.05. The van der Waals surface area contributed by atoms with Gasteiger partial charge in [-0.15, -0.1) is 0 Å². The summed E-state index contributed by atoms with van der Waals surface area (Å²) < 4.78 is 0. The lowest BCUT2D eigenvalue weighted by molar-refractivity contribution is -0.123. The zero-order valence-corrected chi connectivity index (χ0v) is 19.4. The summed E-state index contributed by atoms with van der Waals surface area (Å²) in [6.07, 6.45) is 6.25. The van der Waals surface area contributed by atoms with E-state index in [0.717, 1.165) is 22.3 Å². The molecule has 5 nitrogen and oxygen atoms in total. The fourth-order valence-corrected chi connectivity index (χ4v) is 4.69. The van der Waals surface area contributed by atoms with Gasteiger partial charge in [0.1, 0.15) is 0 Å². The van der Waals surface area contributed by atoms with Crippen LogP contribution < -0.4 is 10.6 Å². The molecule has 2 heterocycles. The van der Waals surface area contributed by atoms with Gasteiger partial charge in [0.05, 0.1) is 6.04 Å². The standard InChI is InChI=1S/C27H28ClN3O2/c1-19-4-2-3-5-23(19)26(21-12-16-29-17-13-21)30-24(32)10-14-27(15-11-25(33)31-27)18-20-6-8-22(28)9-7-20/h2-9,12-13,16-17,26H,10-11,14-15,18H2,1H3,(H,30,32)(H,31,33)/t26-,27+/m0/s1. The molecule has 1 saturated heterocycles. The molecule has 0 aliphatic carbocycles. The first kappa shape index (κ1) is 23.0. The Balaban J connectivity index is 1.49. The van der Waals surface area contributed by atoms with Crippen molar-refractivity contribution in [3.8, 4) is 0 Å². The number of nitrogens with one attached hydrogen (secondary N) is 2. The largest absolute Gasteiger partial charge is 0.350 e. The average molecular weight is 462 g/mol. The molecule has 0 saturated carbocycles. The highest BCUT2D eigenvalue weighted by atomic mass is 35.5. The third kappa shape index (κ3) is 5.79. The van der Waals surface area contributed by atoms with E-state index in [0.29, 0.717) is 37.1 Å². The third-order valence-corrected chi connectivity index (χ3v) is 6.62. The van der Waals surface area contributed by atoms with Crippen LogP contribution in [0, 0.1) is 6.92 Å². The van der Waals surface area contributed by atoms with Crippen LogP contribution in [-0.2, 0) is 16.0 Å². The number of carbonyl (C=O) groups is 2. The molecule has 0 radical (unpaired) electrons. The summed E-state index contributed by atoms with van der Waals surface area (Å²) >= 11 is 6.02. The number of carbonyl (C=O) groups excluding carboxylic acids is 2. The van der Waals surface area contributed by atoms with Crippen LogP contribution in [0.15, 0.2) is 73.1 Å². The van der Waals surface area contributed by atoms with E-state index in [9.17, 15) is 9.59 Å². The Bertz CT molecular complexity index is 1120. The van der Waals surface area contributed by atoms with Crippen LogP contribution in [0.5, 0.6) is 0 Å². The summed E-state index contributed by atoms with van der Waals surface area (Å²) in [6.45, 7) is 2.05. The van der Waals surface area contributed by atoms with Crippen LogP contribution >= 0.6 is 11.6 Å². The van der Waals surface area contributed by atoms with Gasteiger partial charge in [0.15, 0.2) is 0 Å². The number of nitrogens with zero attached hydrogens (tertiary/aromatic N) is 1. The number of halogens is 1. The van der Waals surface area contributed by atoms with E-state index in [1.54, 1.807) is 12.4 Å². The molecule has 1 aliphatic rings. The number of aromatic nitrogens is 1. The SMILES string of the molecule is Cc1ccccc1[C@@H](NC(=O)CC[C@]1(Cc2ccc(Cl)cc2)CCC(=O)N1)c1ccncc1. The number of amides is 2. The molecule has 0 spiro atoms. The fourth-order valence-electron chi connectivity index (χ4n) is 4.57. The van der Waals surface area contributed by atoms with Gasteiger partial charge in [-0.2, -0.15) is 0 Å². The Morgan fingerprint density at radius 3 is 2.52 bits per heavy atom. The molecule has 3 aromatic rings. The van der Waals surface area contributed by atoms with E-state index < -0.39 is 5.54 Å². The lowest BCUT2D eigenvalue weighted by Gasteiger charge is -2.30. The topological polar surface area (TPSA) is 71.1 Å². The number of benzene rings is 2. The lowest BCUT2D eigenvalue weighted by Crippen LogP contribution is -2.44. The Kier molecular flexibility index (Phi) is 7.09. The molecular formula is C27H28ClN3O2. The quantitative estimate of drug-likeness (QED) is 0.500. The molecule has 6 heteroatoms. The second-order valence-electron chi connectivity index (χ2n) is 8.77. The molecule has 0 bridgehead atoms. The van der Waals surface area contributed by atoms with E-state index in [4.69, 9.17) is 11.6 Å².